The van der Waals surface area contributed by atoms with Crippen LogP contribution < -0.4 is 16.4 Å². The Balaban J connectivity index is 1.65. The summed E-state index contributed by atoms with van der Waals surface area (Å²) in [4.78, 5) is 15.7. The summed E-state index contributed by atoms with van der Waals surface area (Å²) in [7, 11) is 0. The van der Waals surface area contributed by atoms with Gasteiger partial charge in [0.25, 0.3) is 0 Å². The summed E-state index contributed by atoms with van der Waals surface area (Å²) in [5.41, 5.74) is 10.8. The maximum absolute atomic E-state index is 11.3. The van der Waals surface area contributed by atoms with E-state index in [1.54, 1.807) is 4.52 Å². The maximum atomic E-state index is 11.3. The number of pyridine rings is 1. The molecule has 0 saturated heterocycles. The zero-order chi connectivity index (χ0) is 18.8. The Morgan fingerprint density at radius 3 is 2.70 bits per heavy atom. The molecule has 0 bridgehead atoms. The van der Waals surface area contributed by atoms with Gasteiger partial charge in [-0.15, -0.1) is 5.10 Å². The number of fused-ring (bicyclic) bond motifs is 1. The van der Waals surface area contributed by atoms with Crippen molar-refractivity contribution < 1.29 is 4.79 Å². The number of nitrogens with two attached hydrogens (primary N) is 1. The third kappa shape index (κ3) is 3.57. The van der Waals surface area contributed by atoms with E-state index in [2.05, 4.69) is 20.7 Å². The zero-order valence-corrected chi connectivity index (χ0v) is 14.7. The maximum Gasteiger partial charge on any atom is 0.247 e. The van der Waals surface area contributed by atoms with Crippen molar-refractivity contribution >= 4 is 34.6 Å². The van der Waals surface area contributed by atoms with E-state index in [0.29, 0.717) is 17.3 Å². The first kappa shape index (κ1) is 16.6. The molecule has 7 nitrogen and oxygen atoms in total. The molecule has 2 heterocycles. The number of anilines is 4. The molecule has 0 spiro atoms. The zero-order valence-electron chi connectivity index (χ0n) is 14.7. The quantitative estimate of drug-likeness (QED) is 0.484. The molecule has 1 amide bonds. The number of rotatable bonds is 4. The van der Waals surface area contributed by atoms with Crippen molar-refractivity contribution in [1.29, 1.82) is 0 Å². The Labute approximate surface area is 155 Å². The van der Waals surface area contributed by atoms with Crippen LogP contribution in [0.4, 0.5) is 23.0 Å². The number of hydrogen-bond donors (Lipinski definition) is 3. The molecular formula is C20H18N6O. The molecule has 7 heteroatoms. The van der Waals surface area contributed by atoms with Crippen LogP contribution in [0.2, 0.25) is 0 Å². The minimum atomic E-state index is -0.102. The summed E-state index contributed by atoms with van der Waals surface area (Å²) in [6.07, 6.45) is 1.90. The SMILES string of the molecule is CC(=O)Nc1cccc(-c2ccc3nc(Nc4ccccc4N)nn3c2)c1. The number of nitrogens with one attached hydrogen (secondary N) is 2. The van der Waals surface area contributed by atoms with Gasteiger partial charge in [0, 0.05) is 24.4 Å². The highest BCUT2D eigenvalue weighted by Crippen LogP contribution is 2.24. The van der Waals surface area contributed by atoms with E-state index in [1.807, 2.05) is 66.9 Å². The summed E-state index contributed by atoms with van der Waals surface area (Å²) in [5.74, 6) is 0.367. The number of carbonyl (C=O) groups is 1. The lowest BCUT2D eigenvalue weighted by Gasteiger charge is -2.06. The van der Waals surface area contributed by atoms with E-state index < -0.39 is 0 Å². The number of carbonyl (C=O) groups excluding carboxylic acids is 1. The van der Waals surface area contributed by atoms with Crippen LogP contribution in [-0.4, -0.2) is 20.5 Å². The van der Waals surface area contributed by atoms with E-state index in [4.69, 9.17) is 5.73 Å². The van der Waals surface area contributed by atoms with Gasteiger partial charge in [0.05, 0.1) is 11.4 Å². The van der Waals surface area contributed by atoms with Gasteiger partial charge in [0.1, 0.15) is 0 Å². The molecule has 4 aromatic rings. The van der Waals surface area contributed by atoms with Gasteiger partial charge in [-0.1, -0.05) is 24.3 Å². The smallest absolute Gasteiger partial charge is 0.247 e. The highest BCUT2D eigenvalue weighted by molar-refractivity contribution is 5.89. The first-order valence-electron chi connectivity index (χ1n) is 8.44. The first-order valence-corrected chi connectivity index (χ1v) is 8.44. The summed E-state index contributed by atoms with van der Waals surface area (Å²) < 4.78 is 1.71. The Hall–Kier alpha value is -3.87. The molecule has 0 aliphatic rings. The van der Waals surface area contributed by atoms with Crippen molar-refractivity contribution in [3.05, 3.63) is 66.9 Å². The number of para-hydroxylation sites is 2. The summed E-state index contributed by atoms with van der Waals surface area (Å²) >= 11 is 0. The minimum absolute atomic E-state index is 0.102. The third-order valence-corrected chi connectivity index (χ3v) is 4.05. The second-order valence-electron chi connectivity index (χ2n) is 6.13. The molecule has 0 unspecified atom stereocenters. The molecule has 0 atom stereocenters. The van der Waals surface area contributed by atoms with Gasteiger partial charge in [-0.3, -0.25) is 4.79 Å². The number of aromatic nitrogens is 3. The van der Waals surface area contributed by atoms with E-state index >= 15 is 0 Å². The topological polar surface area (TPSA) is 97.3 Å². The van der Waals surface area contributed by atoms with Crippen molar-refractivity contribution in [2.45, 2.75) is 6.92 Å². The standard InChI is InChI=1S/C20H18N6O/c1-13(27)22-16-6-4-5-14(11-16)15-9-10-19-24-20(25-26(19)12-15)23-18-8-3-2-7-17(18)21/h2-12H,21H2,1H3,(H,22,27)(H,23,25). The highest BCUT2D eigenvalue weighted by Gasteiger charge is 2.08. The fourth-order valence-electron chi connectivity index (χ4n) is 2.82. The first-order chi connectivity index (χ1) is 13.1. The van der Waals surface area contributed by atoms with Crippen molar-refractivity contribution in [2.24, 2.45) is 0 Å². The third-order valence-electron chi connectivity index (χ3n) is 4.05. The van der Waals surface area contributed by atoms with Crippen LogP contribution in [-0.2, 0) is 4.79 Å². The predicted molar refractivity (Wildman–Crippen MR) is 107 cm³/mol. The Morgan fingerprint density at radius 1 is 1.04 bits per heavy atom. The van der Waals surface area contributed by atoms with E-state index in [1.165, 1.54) is 6.92 Å². The summed E-state index contributed by atoms with van der Waals surface area (Å²) in [6.45, 7) is 1.49. The fraction of sp³-hybridized carbons (Fsp3) is 0.0500. The molecule has 2 aromatic heterocycles. The Kier molecular flexibility index (Phi) is 4.18. The van der Waals surface area contributed by atoms with Crippen LogP contribution >= 0.6 is 0 Å². The van der Waals surface area contributed by atoms with E-state index in [-0.39, 0.29) is 5.91 Å². The van der Waals surface area contributed by atoms with Gasteiger partial charge >= 0.3 is 0 Å². The molecule has 4 rings (SSSR count). The van der Waals surface area contributed by atoms with Crippen molar-refractivity contribution in [1.82, 2.24) is 14.6 Å². The molecule has 134 valence electrons. The number of benzene rings is 2. The minimum Gasteiger partial charge on any atom is -0.397 e. The lowest BCUT2D eigenvalue weighted by molar-refractivity contribution is -0.114. The van der Waals surface area contributed by atoms with Crippen molar-refractivity contribution in [3.8, 4) is 11.1 Å². The number of nitrogens with zero attached hydrogens (tertiary/aromatic N) is 3. The van der Waals surface area contributed by atoms with E-state index in [0.717, 1.165) is 22.5 Å². The number of nitrogen functional groups attached to an aromatic ring is 1. The van der Waals surface area contributed by atoms with Crippen LogP contribution in [0.15, 0.2) is 66.9 Å². The second-order valence-corrected chi connectivity index (χ2v) is 6.13. The molecule has 27 heavy (non-hydrogen) atoms. The van der Waals surface area contributed by atoms with Gasteiger partial charge in [0.15, 0.2) is 5.65 Å². The molecule has 0 radical (unpaired) electrons. The van der Waals surface area contributed by atoms with Crippen LogP contribution in [0.3, 0.4) is 0 Å². The molecule has 2 aromatic carbocycles. The highest BCUT2D eigenvalue weighted by atomic mass is 16.1. The fourth-order valence-corrected chi connectivity index (χ4v) is 2.82. The Bertz CT molecular complexity index is 1130. The lowest BCUT2D eigenvalue weighted by atomic mass is 10.1. The van der Waals surface area contributed by atoms with Crippen molar-refractivity contribution in [2.75, 3.05) is 16.4 Å². The lowest BCUT2D eigenvalue weighted by Crippen LogP contribution is -2.05. The number of amides is 1. The normalized spacial score (nSPS) is 10.7. The molecular weight excluding hydrogens is 340 g/mol. The average Bonchev–Trinajstić information content (AvgIpc) is 3.05. The van der Waals surface area contributed by atoms with Crippen LogP contribution in [0.5, 0.6) is 0 Å². The average molecular weight is 358 g/mol. The van der Waals surface area contributed by atoms with Gasteiger partial charge in [-0.05, 0) is 42.0 Å². The Morgan fingerprint density at radius 2 is 1.89 bits per heavy atom. The van der Waals surface area contributed by atoms with Gasteiger partial charge in [0.2, 0.25) is 11.9 Å². The van der Waals surface area contributed by atoms with E-state index in [9.17, 15) is 4.79 Å². The second kappa shape index (κ2) is 6.80. The predicted octanol–water partition coefficient (Wildman–Crippen LogP) is 3.68. The monoisotopic (exact) mass is 358 g/mol. The van der Waals surface area contributed by atoms with Crippen molar-refractivity contribution in [3.63, 3.8) is 0 Å². The molecule has 0 fully saturated rings. The molecule has 0 aliphatic heterocycles. The van der Waals surface area contributed by atoms with Crippen LogP contribution in [0, 0.1) is 0 Å². The molecule has 0 aliphatic carbocycles. The van der Waals surface area contributed by atoms with Crippen LogP contribution in [0.1, 0.15) is 6.92 Å². The summed E-state index contributed by atoms with van der Waals surface area (Å²) in [6, 6.07) is 19.0. The van der Waals surface area contributed by atoms with Crippen LogP contribution in [0.25, 0.3) is 16.8 Å². The molecule has 4 N–H and O–H groups in total. The van der Waals surface area contributed by atoms with Gasteiger partial charge in [-0.2, -0.15) is 4.98 Å². The van der Waals surface area contributed by atoms with Gasteiger partial charge in [-0.25, -0.2) is 4.52 Å². The largest absolute Gasteiger partial charge is 0.397 e. The number of hydrogen-bond acceptors (Lipinski definition) is 5. The molecule has 0 saturated carbocycles. The van der Waals surface area contributed by atoms with Gasteiger partial charge < -0.3 is 16.4 Å². The summed E-state index contributed by atoms with van der Waals surface area (Å²) in [5, 5.41) is 10.4.